The van der Waals surface area contributed by atoms with Gasteiger partial charge in [0.15, 0.2) is 11.3 Å². The number of H-pyrrole nitrogens is 1. The number of fused-ring (bicyclic) bond motifs is 4. The number of nitrogens with one attached hydrogen (secondary N) is 3. The van der Waals surface area contributed by atoms with Gasteiger partial charge in [0.25, 0.3) is 11.8 Å². The molecule has 2 aliphatic rings. The Morgan fingerprint density at radius 1 is 0.803 bits per heavy atom. The average molecular weight is 919 g/mol. The van der Waals surface area contributed by atoms with Crippen molar-refractivity contribution in [3.05, 3.63) is 83.9 Å². The number of hydrogen-bond donors (Lipinski definition) is 3. The minimum Gasteiger partial charge on any atom is -0.381 e. The molecule has 8 heterocycles. The molecule has 2 aromatic carbocycles. The van der Waals surface area contributed by atoms with E-state index in [0.717, 1.165) is 16.8 Å². The second-order valence-corrected chi connectivity index (χ2v) is 24.0. The zero-order valence-electron chi connectivity index (χ0n) is 37.9. The van der Waals surface area contributed by atoms with Crippen LogP contribution in [0.4, 0.5) is 8.78 Å². The maximum Gasteiger partial charge on any atom is 0.255 e. The number of carbonyl (C=O) groups is 2. The van der Waals surface area contributed by atoms with Crippen molar-refractivity contribution in [3.63, 3.8) is 0 Å². The monoisotopic (exact) mass is 918 g/mol. The van der Waals surface area contributed by atoms with Gasteiger partial charge in [-0.3, -0.25) is 19.0 Å². The van der Waals surface area contributed by atoms with E-state index >= 15 is 0 Å². The highest BCUT2D eigenvalue weighted by molar-refractivity contribution is 6.76. The smallest absolute Gasteiger partial charge is 0.255 e. The lowest BCUT2D eigenvalue weighted by Gasteiger charge is -2.31. The largest absolute Gasteiger partial charge is 0.381 e. The Morgan fingerprint density at radius 3 is 1.86 bits per heavy atom. The molecule has 2 atom stereocenters. The standard InChI is InChI=1S/C26H33FN6O3Si.C20H19FN6O2/c1-16(17-13-36-14-17)29-26(34)20-12-33(15-35-8-9-37(3,4)5)25-24(20)30-21(11-28-25)23-19-7-6-18(27)10-22(19)32(2)31-23;1-10(11-8-29-9-11)24-20(28)14-6-22-19-18(14)25-15(7-23-19)17-13-4-3-12(21)5-16(13)27(2)26-17/h6-7,10-12,16-17H,8-9,13-15H2,1-5H3,(H,29,34);3-7,10-11H,8-9H2,1-2H3,(H,22,23)(H,24,28)/t16-;10-/m11/s1. The molecule has 66 heavy (non-hydrogen) atoms. The lowest BCUT2D eigenvalue weighted by Crippen LogP contribution is -2.46. The normalized spacial score (nSPS) is 15.4. The van der Waals surface area contributed by atoms with Gasteiger partial charge in [-0.05, 0) is 56.3 Å². The summed E-state index contributed by atoms with van der Waals surface area (Å²) in [6.45, 7) is 14.4. The molecule has 2 aliphatic heterocycles. The summed E-state index contributed by atoms with van der Waals surface area (Å²) < 4.78 is 48.9. The van der Waals surface area contributed by atoms with Gasteiger partial charge in [-0.1, -0.05) is 19.6 Å². The van der Waals surface area contributed by atoms with E-state index in [-0.39, 0.29) is 42.3 Å². The highest BCUT2D eigenvalue weighted by atomic mass is 28.3. The summed E-state index contributed by atoms with van der Waals surface area (Å²) in [5.74, 6) is -0.473. The maximum absolute atomic E-state index is 13.8. The molecule has 344 valence electrons. The van der Waals surface area contributed by atoms with Crippen molar-refractivity contribution in [2.24, 2.45) is 25.9 Å². The van der Waals surface area contributed by atoms with Crippen LogP contribution >= 0.6 is 0 Å². The second kappa shape index (κ2) is 18.1. The molecule has 0 bridgehead atoms. The maximum atomic E-state index is 13.8. The van der Waals surface area contributed by atoms with Gasteiger partial charge in [-0.15, -0.1) is 0 Å². The number of carbonyl (C=O) groups excluding carboxylic acids is 2. The van der Waals surface area contributed by atoms with E-state index in [0.29, 0.717) is 112 Å². The van der Waals surface area contributed by atoms with E-state index in [1.54, 1.807) is 60.4 Å². The Morgan fingerprint density at radius 2 is 1.33 bits per heavy atom. The Bertz CT molecular complexity index is 3110. The van der Waals surface area contributed by atoms with Crippen LogP contribution in [0.5, 0.6) is 0 Å². The van der Waals surface area contributed by atoms with Crippen molar-refractivity contribution in [1.82, 2.24) is 59.7 Å². The molecule has 3 N–H and O–H groups in total. The van der Waals surface area contributed by atoms with E-state index in [1.807, 2.05) is 18.4 Å². The Kier molecular flexibility index (Phi) is 12.2. The van der Waals surface area contributed by atoms with Gasteiger partial charge >= 0.3 is 0 Å². The van der Waals surface area contributed by atoms with Gasteiger partial charge in [-0.2, -0.15) is 10.2 Å². The Hall–Kier alpha value is -6.48. The van der Waals surface area contributed by atoms with E-state index < -0.39 is 8.07 Å². The molecule has 2 amide bonds. The lowest BCUT2D eigenvalue weighted by atomic mass is 9.99. The van der Waals surface area contributed by atoms with Gasteiger partial charge in [0, 0.05) is 75.9 Å². The van der Waals surface area contributed by atoms with Crippen molar-refractivity contribution in [1.29, 1.82) is 0 Å². The fourth-order valence-corrected chi connectivity index (χ4v) is 8.64. The number of hydrogen-bond acceptors (Lipinski definition) is 11. The zero-order chi connectivity index (χ0) is 46.4. The molecule has 0 aliphatic carbocycles. The second-order valence-electron chi connectivity index (χ2n) is 18.3. The first-order valence-electron chi connectivity index (χ1n) is 21.9. The molecule has 20 heteroatoms. The average Bonchev–Trinajstić information content (AvgIpc) is 3.99. The van der Waals surface area contributed by atoms with Crippen molar-refractivity contribution in [2.45, 2.75) is 58.3 Å². The van der Waals surface area contributed by atoms with E-state index in [4.69, 9.17) is 19.2 Å². The number of ether oxygens (including phenoxy) is 3. The van der Waals surface area contributed by atoms with Crippen LogP contribution in [0.1, 0.15) is 34.6 Å². The molecule has 0 unspecified atom stereocenters. The summed E-state index contributed by atoms with van der Waals surface area (Å²) in [7, 11) is 2.28. The molecule has 17 nitrogen and oxygen atoms in total. The van der Waals surface area contributed by atoms with Crippen molar-refractivity contribution in [3.8, 4) is 22.8 Å². The van der Waals surface area contributed by atoms with E-state index in [2.05, 4.69) is 60.4 Å². The quantitative estimate of drug-likeness (QED) is 0.0832. The summed E-state index contributed by atoms with van der Waals surface area (Å²) in [5, 5.41) is 16.7. The highest BCUT2D eigenvalue weighted by Gasteiger charge is 2.30. The molecule has 6 aromatic heterocycles. The summed E-state index contributed by atoms with van der Waals surface area (Å²) >= 11 is 0. The van der Waals surface area contributed by atoms with Crippen LogP contribution in [0.3, 0.4) is 0 Å². The molecule has 0 saturated carbocycles. The predicted molar refractivity (Wildman–Crippen MR) is 247 cm³/mol. The third-order valence-electron chi connectivity index (χ3n) is 12.2. The van der Waals surface area contributed by atoms with Crippen LogP contribution in [0, 0.1) is 23.5 Å². The van der Waals surface area contributed by atoms with E-state index in [9.17, 15) is 18.4 Å². The number of nitrogens with zero attached hydrogens (tertiary/aromatic N) is 9. The highest BCUT2D eigenvalue weighted by Crippen LogP contribution is 2.31. The van der Waals surface area contributed by atoms with Crippen LogP contribution in [0.25, 0.3) is 66.9 Å². The molecular weight excluding hydrogens is 867 g/mol. The summed E-state index contributed by atoms with van der Waals surface area (Å²) in [6.07, 6.45) is 6.61. The van der Waals surface area contributed by atoms with Crippen molar-refractivity contribution >= 4 is 64.0 Å². The minimum atomic E-state index is -1.23. The van der Waals surface area contributed by atoms with Crippen LogP contribution in [0.15, 0.2) is 61.2 Å². The van der Waals surface area contributed by atoms with Gasteiger partial charge < -0.3 is 34.4 Å². The number of aromatic amines is 1. The van der Waals surface area contributed by atoms with Crippen LogP contribution in [-0.4, -0.2) is 114 Å². The number of aromatic nitrogens is 10. The third-order valence-corrected chi connectivity index (χ3v) is 13.9. The molecule has 0 radical (unpaired) electrons. The van der Waals surface area contributed by atoms with E-state index in [1.165, 1.54) is 24.3 Å². The van der Waals surface area contributed by atoms with Gasteiger partial charge in [0.1, 0.15) is 52.2 Å². The Balaban J connectivity index is 0.000000171. The van der Waals surface area contributed by atoms with Gasteiger partial charge in [-0.25, -0.2) is 28.7 Å². The third kappa shape index (κ3) is 9.05. The molecule has 2 fully saturated rings. The lowest BCUT2D eigenvalue weighted by molar-refractivity contribution is -0.0454. The number of rotatable bonds is 13. The zero-order valence-corrected chi connectivity index (χ0v) is 38.9. The number of amides is 2. The van der Waals surface area contributed by atoms with Crippen molar-refractivity contribution < 1.29 is 32.6 Å². The minimum absolute atomic E-state index is 0.00646. The first kappa shape index (κ1) is 44.7. The van der Waals surface area contributed by atoms with Crippen LogP contribution < -0.4 is 10.6 Å². The fraction of sp³-hybridized carbons (Fsp3) is 0.391. The summed E-state index contributed by atoms with van der Waals surface area (Å²) in [4.78, 5) is 47.7. The first-order valence-corrected chi connectivity index (χ1v) is 25.6. The molecule has 0 spiro atoms. The van der Waals surface area contributed by atoms with Gasteiger partial charge in [0.05, 0.1) is 61.0 Å². The molecule has 10 rings (SSSR count). The first-order chi connectivity index (χ1) is 31.6. The number of aryl methyl sites for hydroxylation is 2. The predicted octanol–water partition coefficient (Wildman–Crippen LogP) is 6.62. The molecule has 2 saturated heterocycles. The summed E-state index contributed by atoms with van der Waals surface area (Å²) in [5.41, 5.74) is 6.38. The van der Waals surface area contributed by atoms with Crippen molar-refractivity contribution in [2.75, 3.05) is 33.0 Å². The molecular formula is C46H52F2N12O5Si. The topological polar surface area (TPSA) is 194 Å². The SMILES string of the molecule is C[C@@H](NC(=O)c1c[nH]c2ncc(-c3nn(C)c4cc(F)ccc34)nc12)C1COC1.C[C@@H](NC(=O)c1cn(COCC[Si](C)(C)C)c2ncc(-c3nn(C)c4cc(F)ccc34)nc12)C1COC1. The number of benzene rings is 2. The summed E-state index contributed by atoms with van der Waals surface area (Å²) in [6, 6.07) is 10.0. The van der Waals surface area contributed by atoms with Crippen LogP contribution in [-0.2, 0) is 35.0 Å². The fourth-order valence-electron chi connectivity index (χ4n) is 7.88. The Labute approximate surface area is 379 Å². The van der Waals surface area contributed by atoms with Gasteiger partial charge in [0.2, 0.25) is 0 Å². The molecule has 8 aromatic rings. The number of halogens is 2. The van der Waals surface area contributed by atoms with Crippen LogP contribution in [0.2, 0.25) is 25.7 Å².